The third-order valence-corrected chi connectivity index (χ3v) is 3.71. The third kappa shape index (κ3) is 2.12. The summed E-state index contributed by atoms with van der Waals surface area (Å²) in [4.78, 5) is 12.0. The summed E-state index contributed by atoms with van der Waals surface area (Å²) in [5.41, 5.74) is 5.78. The third-order valence-electron chi connectivity index (χ3n) is 3.52. The quantitative estimate of drug-likeness (QED) is 0.736. The predicted molar refractivity (Wildman–Crippen MR) is 59.5 cm³/mol. The van der Waals surface area contributed by atoms with E-state index in [-0.39, 0.29) is 11.5 Å². The number of hydrogen-bond acceptors (Lipinski definition) is 2. The molecule has 2 atom stereocenters. The zero-order valence-electron chi connectivity index (χ0n) is 8.89. The Balaban J connectivity index is 2.82. The van der Waals surface area contributed by atoms with Crippen LogP contribution in [0, 0.1) is 5.41 Å². The van der Waals surface area contributed by atoms with E-state index in [0.29, 0.717) is 18.1 Å². The molecule has 1 saturated carbocycles. The molecule has 82 valence electrons. The second kappa shape index (κ2) is 5.13. The molecule has 14 heavy (non-hydrogen) atoms. The number of carbonyl (C=O) groups excluding carboxylic acids is 1. The number of carbonyl (C=O) groups is 1. The molecule has 0 aromatic carbocycles. The van der Waals surface area contributed by atoms with Gasteiger partial charge in [-0.15, -0.1) is 11.6 Å². The van der Waals surface area contributed by atoms with Crippen molar-refractivity contribution < 1.29 is 4.79 Å². The highest BCUT2D eigenvalue weighted by atomic mass is 35.5. The molecule has 0 aliphatic heterocycles. The van der Waals surface area contributed by atoms with Crippen LogP contribution in [0.25, 0.3) is 0 Å². The summed E-state index contributed by atoms with van der Waals surface area (Å²) in [7, 11) is 0. The lowest BCUT2D eigenvalue weighted by molar-refractivity contribution is -0.133. The molecule has 0 aromatic heterocycles. The van der Waals surface area contributed by atoms with E-state index in [0.717, 1.165) is 32.1 Å². The average Bonchev–Trinajstić information content (AvgIpc) is 2.20. The van der Waals surface area contributed by atoms with Crippen molar-refractivity contribution in [1.29, 1.82) is 0 Å². The molecule has 1 rings (SSSR count). The maximum atomic E-state index is 12.0. The first-order chi connectivity index (χ1) is 6.67. The van der Waals surface area contributed by atoms with Gasteiger partial charge in [-0.3, -0.25) is 4.79 Å². The van der Waals surface area contributed by atoms with Gasteiger partial charge in [-0.1, -0.05) is 13.3 Å². The van der Waals surface area contributed by atoms with Crippen molar-refractivity contribution in [3.8, 4) is 0 Å². The first-order valence-electron chi connectivity index (χ1n) is 5.52. The smallest absolute Gasteiger partial charge is 0.140 e. The number of alkyl halides is 1. The molecular formula is C11H20ClNO. The Bertz CT molecular complexity index is 203. The van der Waals surface area contributed by atoms with E-state index in [1.165, 1.54) is 0 Å². The number of hydrogen-bond donors (Lipinski definition) is 1. The number of nitrogens with two attached hydrogens (primary N) is 1. The van der Waals surface area contributed by atoms with Crippen LogP contribution in [0.15, 0.2) is 0 Å². The monoisotopic (exact) mass is 217 g/mol. The van der Waals surface area contributed by atoms with Gasteiger partial charge in [0.05, 0.1) is 0 Å². The minimum Gasteiger partial charge on any atom is -0.327 e. The highest BCUT2D eigenvalue weighted by Gasteiger charge is 2.43. The molecule has 0 radical (unpaired) electrons. The molecule has 2 N–H and O–H groups in total. The number of halogens is 1. The Labute approximate surface area is 91.2 Å². The van der Waals surface area contributed by atoms with Crippen LogP contribution in [0.5, 0.6) is 0 Å². The van der Waals surface area contributed by atoms with Gasteiger partial charge in [0.2, 0.25) is 0 Å². The van der Waals surface area contributed by atoms with Crippen LogP contribution in [0.4, 0.5) is 0 Å². The lowest BCUT2D eigenvalue weighted by Gasteiger charge is -2.40. The largest absolute Gasteiger partial charge is 0.327 e. The zero-order chi connectivity index (χ0) is 10.6. The van der Waals surface area contributed by atoms with Crippen molar-refractivity contribution >= 4 is 17.4 Å². The highest BCUT2D eigenvalue weighted by Crippen LogP contribution is 2.40. The summed E-state index contributed by atoms with van der Waals surface area (Å²) in [6, 6.07) is -0.00551. The van der Waals surface area contributed by atoms with Crippen molar-refractivity contribution in [3.63, 3.8) is 0 Å². The van der Waals surface area contributed by atoms with Gasteiger partial charge in [-0.25, -0.2) is 0 Å². The first kappa shape index (κ1) is 12.0. The van der Waals surface area contributed by atoms with Gasteiger partial charge in [0, 0.05) is 23.8 Å². The van der Waals surface area contributed by atoms with Gasteiger partial charge in [0.25, 0.3) is 0 Å². The van der Waals surface area contributed by atoms with Crippen LogP contribution in [-0.4, -0.2) is 17.7 Å². The maximum Gasteiger partial charge on any atom is 0.140 e. The Morgan fingerprint density at radius 2 is 2.29 bits per heavy atom. The Morgan fingerprint density at radius 1 is 1.57 bits per heavy atom. The molecule has 1 fully saturated rings. The number of rotatable bonds is 4. The van der Waals surface area contributed by atoms with E-state index < -0.39 is 0 Å². The van der Waals surface area contributed by atoms with Crippen LogP contribution in [-0.2, 0) is 4.79 Å². The molecule has 0 heterocycles. The normalized spacial score (nSPS) is 30.4. The fraction of sp³-hybridized carbons (Fsp3) is 0.909. The summed E-state index contributed by atoms with van der Waals surface area (Å²) in [5.74, 6) is 0.887. The molecule has 2 unspecified atom stereocenters. The molecule has 0 aromatic rings. The second-order valence-corrected chi connectivity index (χ2v) is 4.62. The summed E-state index contributed by atoms with van der Waals surface area (Å²) in [6.45, 7) is 2.04. The van der Waals surface area contributed by atoms with E-state index in [1.54, 1.807) is 0 Å². The molecule has 0 amide bonds. The fourth-order valence-electron chi connectivity index (χ4n) is 2.52. The highest BCUT2D eigenvalue weighted by molar-refractivity contribution is 6.18. The lowest BCUT2D eigenvalue weighted by atomic mass is 9.66. The average molecular weight is 218 g/mol. The van der Waals surface area contributed by atoms with Crippen LogP contribution in [0.3, 0.4) is 0 Å². The van der Waals surface area contributed by atoms with Gasteiger partial charge in [0.1, 0.15) is 5.78 Å². The van der Waals surface area contributed by atoms with Crippen LogP contribution < -0.4 is 5.73 Å². The van der Waals surface area contributed by atoms with E-state index in [9.17, 15) is 4.79 Å². The van der Waals surface area contributed by atoms with Crippen molar-refractivity contribution in [1.82, 2.24) is 0 Å². The van der Waals surface area contributed by atoms with E-state index in [1.807, 2.05) is 6.92 Å². The van der Waals surface area contributed by atoms with Crippen molar-refractivity contribution in [2.45, 2.75) is 51.5 Å². The number of Topliss-reactive ketones (excluding diaryl/α,β-unsaturated/α-hetero) is 1. The van der Waals surface area contributed by atoms with E-state index >= 15 is 0 Å². The number of ketones is 1. The Morgan fingerprint density at radius 3 is 2.79 bits per heavy atom. The van der Waals surface area contributed by atoms with Gasteiger partial charge < -0.3 is 5.73 Å². The zero-order valence-corrected chi connectivity index (χ0v) is 9.65. The molecule has 2 nitrogen and oxygen atoms in total. The van der Waals surface area contributed by atoms with Crippen LogP contribution in [0.2, 0.25) is 0 Å². The van der Waals surface area contributed by atoms with Gasteiger partial charge >= 0.3 is 0 Å². The molecule has 0 spiro atoms. The minimum absolute atomic E-state index is 0.00551. The molecular weight excluding hydrogens is 198 g/mol. The minimum atomic E-state index is -0.297. The SMILES string of the molecule is CCC(N)C1(CCCl)CCCCC1=O. The maximum absolute atomic E-state index is 12.0. The Hall–Kier alpha value is -0.0800. The van der Waals surface area contributed by atoms with Gasteiger partial charge in [-0.2, -0.15) is 0 Å². The standard InChI is InChI=1S/C11H20ClNO/c1-2-9(13)11(7-8-12)6-4-3-5-10(11)14/h9H,2-8,13H2,1H3. The first-order valence-corrected chi connectivity index (χ1v) is 6.05. The summed E-state index contributed by atoms with van der Waals surface area (Å²) in [6.07, 6.45) is 5.40. The summed E-state index contributed by atoms with van der Waals surface area (Å²) >= 11 is 5.78. The Kier molecular flexibility index (Phi) is 4.39. The van der Waals surface area contributed by atoms with E-state index in [2.05, 4.69) is 0 Å². The van der Waals surface area contributed by atoms with Crippen molar-refractivity contribution in [2.75, 3.05) is 5.88 Å². The van der Waals surface area contributed by atoms with Crippen LogP contribution in [0.1, 0.15) is 45.4 Å². The molecule has 1 aliphatic carbocycles. The molecule has 0 bridgehead atoms. The van der Waals surface area contributed by atoms with Crippen molar-refractivity contribution in [2.24, 2.45) is 11.1 Å². The summed E-state index contributed by atoms with van der Waals surface area (Å²) < 4.78 is 0. The van der Waals surface area contributed by atoms with E-state index in [4.69, 9.17) is 17.3 Å². The molecule has 1 aliphatic rings. The lowest BCUT2D eigenvalue weighted by Crippen LogP contribution is -2.49. The summed E-state index contributed by atoms with van der Waals surface area (Å²) in [5, 5.41) is 0. The van der Waals surface area contributed by atoms with Gasteiger partial charge in [-0.05, 0) is 25.7 Å². The van der Waals surface area contributed by atoms with Crippen molar-refractivity contribution in [3.05, 3.63) is 0 Å². The topological polar surface area (TPSA) is 43.1 Å². The predicted octanol–water partition coefficient (Wildman–Crippen LogP) is 2.48. The van der Waals surface area contributed by atoms with Crippen LogP contribution >= 0.6 is 11.6 Å². The van der Waals surface area contributed by atoms with Gasteiger partial charge in [0.15, 0.2) is 0 Å². The molecule has 0 saturated heterocycles. The second-order valence-electron chi connectivity index (χ2n) is 4.24. The molecule has 3 heteroatoms. The fourth-order valence-corrected chi connectivity index (χ4v) is 2.85.